The van der Waals surface area contributed by atoms with Crippen LogP contribution in [0, 0.1) is 0 Å². The number of carbonyl (C=O) groups is 1. The maximum absolute atomic E-state index is 10.9. The molecule has 0 spiro atoms. The molecule has 16 heavy (non-hydrogen) atoms. The van der Waals surface area contributed by atoms with E-state index in [2.05, 4.69) is 37.4 Å². The van der Waals surface area contributed by atoms with Gasteiger partial charge in [0.1, 0.15) is 5.78 Å². The highest BCUT2D eigenvalue weighted by Gasteiger charge is 2.05. The molecule has 1 aromatic carbocycles. The summed E-state index contributed by atoms with van der Waals surface area (Å²) in [5.74, 6) is 0.236. The third-order valence-electron chi connectivity index (χ3n) is 2.78. The lowest BCUT2D eigenvalue weighted by atomic mass is 10.0. The fourth-order valence-electron chi connectivity index (χ4n) is 1.83. The van der Waals surface area contributed by atoms with Gasteiger partial charge < -0.3 is 5.32 Å². The summed E-state index contributed by atoms with van der Waals surface area (Å²) in [7, 11) is 0. The molecule has 88 valence electrons. The van der Waals surface area contributed by atoms with Gasteiger partial charge >= 0.3 is 0 Å². The summed E-state index contributed by atoms with van der Waals surface area (Å²) in [6.45, 7) is 6.68. The minimum absolute atomic E-state index is 0.236. The van der Waals surface area contributed by atoms with Crippen molar-refractivity contribution in [1.82, 2.24) is 0 Å². The van der Waals surface area contributed by atoms with E-state index in [4.69, 9.17) is 0 Å². The van der Waals surface area contributed by atoms with E-state index in [-0.39, 0.29) is 5.78 Å². The molecule has 1 N–H and O–H groups in total. The van der Waals surface area contributed by atoms with E-state index in [1.165, 1.54) is 16.8 Å². The molecule has 1 aromatic rings. The number of hydrogen-bond donors (Lipinski definition) is 1. The molecule has 0 saturated carbocycles. The predicted octanol–water partition coefficient (Wildman–Crippen LogP) is 3.20. The van der Waals surface area contributed by atoms with Crippen molar-refractivity contribution in [1.29, 1.82) is 0 Å². The first-order chi connectivity index (χ1) is 7.69. The maximum atomic E-state index is 10.9. The number of benzene rings is 1. The van der Waals surface area contributed by atoms with E-state index in [1.807, 2.05) is 0 Å². The Morgan fingerprint density at radius 2 is 1.75 bits per heavy atom. The van der Waals surface area contributed by atoms with Gasteiger partial charge in [-0.25, -0.2) is 0 Å². The van der Waals surface area contributed by atoms with Crippen LogP contribution in [0.4, 0.5) is 5.69 Å². The zero-order chi connectivity index (χ0) is 12.0. The van der Waals surface area contributed by atoms with Crippen molar-refractivity contribution in [2.75, 3.05) is 11.9 Å². The van der Waals surface area contributed by atoms with Gasteiger partial charge in [-0.05, 0) is 30.9 Å². The van der Waals surface area contributed by atoms with Crippen LogP contribution >= 0.6 is 0 Å². The number of ketones is 1. The largest absolute Gasteiger partial charge is 0.384 e. The van der Waals surface area contributed by atoms with E-state index >= 15 is 0 Å². The summed E-state index contributed by atoms with van der Waals surface area (Å²) >= 11 is 0. The monoisotopic (exact) mass is 219 g/mol. The third kappa shape index (κ3) is 3.37. The van der Waals surface area contributed by atoms with E-state index in [0.717, 1.165) is 19.4 Å². The quantitative estimate of drug-likeness (QED) is 0.796. The number of rotatable bonds is 6. The fraction of sp³-hybridized carbons (Fsp3) is 0.500. The minimum atomic E-state index is 0.236. The standard InChI is InChI=1S/C14H21NO/c1-4-12-7-6-8-13(5-2)14(12)15-10-9-11(3)16/h6-8,15H,4-5,9-10H2,1-3H3. The Hall–Kier alpha value is -1.31. The fourth-order valence-corrected chi connectivity index (χ4v) is 1.83. The molecule has 0 aliphatic carbocycles. The zero-order valence-corrected chi connectivity index (χ0v) is 10.5. The number of para-hydroxylation sites is 1. The number of Topliss-reactive ketones (excluding diaryl/α,β-unsaturated/α-hetero) is 1. The number of aryl methyl sites for hydroxylation is 2. The molecule has 2 heteroatoms. The van der Waals surface area contributed by atoms with Gasteiger partial charge in [-0.2, -0.15) is 0 Å². The molecule has 0 fully saturated rings. The molecule has 0 unspecified atom stereocenters. The highest BCUT2D eigenvalue weighted by atomic mass is 16.1. The lowest BCUT2D eigenvalue weighted by Crippen LogP contribution is -2.09. The zero-order valence-electron chi connectivity index (χ0n) is 10.5. The van der Waals surface area contributed by atoms with Gasteiger partial charge in [-0.1, -0.05) is 32.0 Å². The van der Waals surface area contributed by atoms with Crippen molar-refractivity contribution in [2.45, 2.75) is 40.0 Å². The van der Waals surface area contributed by atoms with E-state index < -0.39 is 0 Å². The molecule has 0 aromatic heterocycles. The summed E-state index contributed by atoms with van der Waals surface area (Å²) in [6.07, 6.45) is 2.65. The van der Waals surface area contributed by atoms with Crippen molar-refractivity contribution in [3.8, 4) is 0 Å². The van der Waals surface area contributed by atoms with E-state index in [1.54, 1.807) is 6.92 Å². The maximum Gasteiger partial charge on any atom is 0.131 e. The molecule has 2 nitrogen and oxygen atoms in total. The van der Waals surface area contributed by atoms with Gasteiger partial charge in [-0.3, -0.25) is 4.79 Å². The van der Waals surface area contributed by atoms with Gasteiger partial charge in [0.05, 0.1) is 0 Å². The summed E-state index contributed by atoms with van der Waals surface area (Å²) in [4.78, 5) is 10.9. The molecule has 0 aliphatic rings. The van der Waals surface area contributed by atoms with Crippen LogP contribution in [0.3, 0.4) is 0 Å². The van der Waals surface area contributed by atoms with Crippen LogP contribution < -0.4 is 5.32 Å². The molecule has 1 rings (SSSR count). The van der Waals surface area contributed by atoms with E-state index in [0.29, 0.717) is 6.42 Å². The molecule has 0 saturated heterocycles. The summed E-state index contributed by atoms with van der Waals surface area (Å²) in [5.41, 5.74) is 3.90. The highest BCUT2D eigenvalue weighted by molar-refractivity contribution is 5.76. The van der Waals surface area contributed by atoms with Gasteiger partial charge in [0.15, 0.2) is 0 Å². The topological polar surface area (TPSA) is 29.1 Å². The molecule has 0 atom stereocenters. The van der Waals surface area contributed by atoms with E-state index in [9.17, 15) is 4.79 Å². The van der Waals surface area contributed by atoms with Crippen LogP contribution in [0.5, 0.6) is 0 Å². The molecular weight excluding hydrogens is 198 g/mol. The summed E-state index contributed by atoms with van der Waals surface area (Å²) in [5, 5.41) is 3.39. The van der Waals surface area contributed by atoms with Crippen LogP contribution in [0.2, 0.25) is 0 Å². The number of hydrogen-bond acceptors (Lipinski definition) is 2. The molecule has 0 aliphatic heterocycles. The smallest absolute Gasteiger partial charge is 0.131 e. The Balaban J connectivity index is 2.78. The lowest BCUT2D eigenvalue weighted by Gasteiger charge is -2.14. The summed E-state index contributed by atoms with van der Waals surface area (Å²) < 4.78 is 0. The molecule has 0 amide bonds. The van der Waals surface area contributed by atoms with Crippen molar-refractivity contribution >= 4 is 11.5 Å². The second kappa shape index (κ2) is 6.31. The number of carbonyl (C=O) groups excluding carboxylic acids is 1. The normalized spacial score (nSPS) is 10.2. The average molecular weight is 219 g/mol. The Morgan fingerprint density at radius 3 is 2.19 bits per heavy atom. The van der Waals surface area contributed by atoms with Gasteiger partial charge in [0, 0.05) is 18.7 Å². The average Bonchev–Trinajstić information content (AvgIpc) is 2.28. The number of nitrogens with one attached hydrogen (secondary N) is 1. The highest BCUT2D eigenvalue weighted by Crippen LogP contribution is 2.22. The Kier molecular flexibility index (Phi) is 5.03. The van der Waals surface area contributed by atoms with Gasteiger partial charge in [0.2, 0.25) is 0 Å². The second-order valence-corrected chi connectivity index (χ2v) is 4.04. The Morgan fingerprint density at radius 1 is 1.19 bits per heavy atom. The van der Waals surface area contributed by atoms with Crippen LogP contribution in [-0.2, 0) is 17.6 Å². The Labute approximate surface area is 98.1 Å². The van der Waals surface area contributed by atoms with Crippen LogP contribution in [0.25, 0.3) is 0 Å². The number of anilines is 1. The van der Waals surface area contributed by atoms with Gasteiger partial charge in [0.25, 0.3) is 0 Å². The minimum Gasteiger partial charge on any atom is -0.384 e. The predicted molar refractivity (Wildman–Crippen MR) is 69.0 cm³/mol. The molecule has 0 heterocycles. The molecule has 0 radical (unpaired) electrons. The first kappa shape index (κ1) is 12.8. The lowest BCUT2D eigenvalue weighted by molar-refractivity contribution is -0.116. The second-order valence-electron chi connectivity index (χ2n) is 4.04. The first-order valence-corrected chi connectivity index (χ1v) is 6.03. The third-order valence-corrected chi connectivity index (χ3v) is 2.78. The molecule has 0 bridgehead atoms. The Bertz CT molecular complexity index is 336. The molecular formula is C14H21NO. The van der Waals surface area contributed by atoms with Crippen molar-refractivity contribution in [2.24, 2.45) is 0 Å². The van der Waals surface area contributed by atoms with Crippen molar-refractivity contribution in [3.05, 3.63) is 29.3 Å². The van der Waals surface area contributed by atoms with Crippen molar-refractivity contribution in [3.63, 3.8) is 0 Å². The van der Waals surface area contributed by atoms with Crippen molar-refractivity contribution < 1.29 is 4.79 Å². The van der Waals surface area contributed by atoms with Gasteiger partial charge in [-0.15, -0.1) is 0 Å². The summed E-state index contributed by atoms with van der Waals surface area (Å²) in [6, 6.07) is 6.40. The van der Waals surface area contributed by atoms with Crippen LogP contribution in [0.15, 0.2) is 18.2 Å². The SMILES string of the molecule is CCc1cccc(CC)c1NCCC(C)=O. The first-order valence-electron chi connectivity index (χ1n) is 6.03. The van der Waals surface area contributed by atoms with Crippen LogP contribution in [-0.4, -0.2) is 12.3 Å². The van der Waals surface area contributed by atoms with Crippen LogP contribution in [0.1, 0.15) is 38.3 Å².